The lowest BCUT2D eigenvalue weighted by Crippen LogP contribution is -2.29. The van der Waals surface area contributed by atoms with Crippen molar-refractivity contribution in [1.82, 2.24) is 5.32 Å². The first-order valence-electron chi connectivity index (χ1n) is 4.76. The van der Waals surface area contributed by atoms with E-state index in [1.165, 1.54) is 11.3 Å². The van der Waals surface area contributed by atoms with Crippen molar-refractivity contribution in [2.75, 3.05) is 13.1 Å². The van der Waals surface area contributed by atoms with E-state index in [-0.39, 0.29) is 5.92 Å². The normalized spacial score (nSPS) is 21.6. The van der Waals surface area contributed by atoms with Gasteiger partial charge in [0.15, 0.2) is 0 Å². The van der Waals surface area contributed by atoms with Crippen LogP contribution in [0.2, 0.25) is 0 Å². The standard InChI is InChI=1S/C10H14FNS/c11-10(9-2-1-7-13-9)8-3-5-12-6-4-8/h1-2,7-8,10,12H,3-6H2. The third kappa shape index (κ3) is 2.09. The van der Waals surface area contributed by atoms with Crippen molar-refractivity contribution < 1.29 is 4.39 Å². The van der Waals surface area contributed by atoms with Crippen molar-refractivity contribution >= 4 is 11.3 Å². The number of nitrogens with one attached hydrogen (secondary N) is 1. The number of halogens is 1. The quantitative estimate of drug-likeness (QED) is 0.772. The van der Waals surface area contributed by atoms with E-state index in [0.717, 1.165) is 30.8 Å². The molecule has 0 bridgehead atoms. The summed E-state index contributed by atoms with van der Waals surface area (Å²) in [5.74, 6) is 0.236. The topological polar surface area (TPSA) is 12.0 Å². The fourth-order valence-corrected chi connectivity index (χ4v) is 2.61. The molecule has 0 aliphatic carbocycles. The summed E-state index contributed by atoms with van der Waals surface area (Å²) in [4.78, 5) is 0.895. The predicted octanol–water partition coefficient (Wildman–Crippen LogP) is 2.76. The number of alkyl halides is 1. The molecule has 1 aliphatic rings. The van der Waals surface area contributed by atoms with Crippen LogP contribution in [0.3, 0.4) is 0 Å². The van der Waals surface area contributed by atoms with Gasteiger partial charge in [0, 0.05) is 4.88 Å². The van der Waals surface area contributed by atoms with E-state index in [1.54, 1.807) is 0 Å². The molecule has 13 heavy (non-hydrogen) atoms. The highest BCUT2D eigenvalue weighted by molar-refractivity contribution is 7.10. The van der Waals surface area contributed by atoms with E-state index in [9.17, 15) is 4.39 Å². The van der Waals surface area contributed by atoms with Crippen molar-refractivity contribution in [3.05, 3.63) is 22.4 Å². The maximum absolute atomic E-state index is 13.8. The minimum absolute atomic E-state index is 0.236. The molecule has 1 aromatic rings. The lowest BCUT2D eigenvalue weighted by molar-refractivity contribution is 0.194. The van der Waals surface area contributed by atoms with Gasteiger partial charge < -0.3 is 5.32 Å². The Balaban J connectivity index is 1.99. The number of hydrogen-bond donors (Lipinski definition) is 1. The smallest absolute Gasteiger partial charge is 0.137 e. The molecule has 1 unspecified atom stereocenters. The Hall–Kier alpha value is -0.410. The summed E-state index contributed by atoms with van der Waals surface area (Å²) in [5, 5.41) is 5.20. The summed E-state index contributed by atoms with van der Waals surface area (Å²) in [6, 6.07) is 3.82. The number of hydrogen-bond acceptors (Lipinski definition) is 2. The summed E-state index contributed by atoms with van der Waals surface area (Å²) >= 11 is 1.53. The van der Waals surface area contributed by atoms with Crippen LogP contribution >= 0.6 is 11.3 Å². The monoisotopic (exact) mass is 199 g/mol. The van der Waals surface area contributed by atoms with Crippen LogP contribution in [0.15, 0.2) is 17.5 Å². The molecule has 2 heterocycles. The molecule has 0 spiro atoms. The van der Waals surface area contributed by atoms with Gasteiger partial charge in [-0.3, -0.25) is 0 Å². The minimum Gasteiger partial charge on any atom is -0.317 e. The van der Waals surface area contributed by atoms with Crippen molar-refractivity contribution in [2.45, 2.75) is 19.0 Å². The third-order valence-corrected chi connectivity index (χ3v) is 3.54. The molecule has 1 atom stereocenters. The Kier molecular flexibility index (Phi) is 2.96. The molecular weight excluding hydrogens is 185 g/mol. The fourth-order valence-electron chi connectivity index (χ4n) is 1.82. The van der Waals surface area contributed by atoms with Gasteiger partial charge in [0.05, 0.1) is 0 Å². The van der Waals surface area contributed by atoms with Gasteiger partial charge in [-0.2, -0.15) is 0 Å². The van der Waals surface area contributed by atoms with Gasteiger partial charge in [-0.15, -0.1) is 11.3 Å². The van der Waals surface area contributed by atoms with E-state index in [4.69, 9.17) is 0 Å². The molecule has 0 aromatic carbocycles. The first kappa shape index (κ1) is 9.16. The van der Waals surface area contributed by atoms with Crippen LogP contribution in [-0.2, 0) is 0 Å². The summed E-state index contributed by atoms with van der Waals surface area (Å²) in [6.45, 7) is 1.94. The van der Waals surface area contributed by atoms with Gasteiger partial charge >= 0.3 is 0 Å². The van der Waals surface area contributed by atoms with Crippen molar-refractivity contribution in [3.63, 3.8) is 0 Å². The molecule has 2 rings (SSSR count). The zero-order valence-electron chi connectivity index (χ0n) is 7.50. The molecule has 3 heteroatoms. The maximum atomic E-state index is 13.8. The van der Waals surface area contributed by atoms with Gasteiger partial charge in [-0.25, -0.2) is 4.39 Å². The molecule has 0 radical (unpaired) electrons. The number of thiophene rings is 1. The van der Waals surface area contributed by atoms with Gasteiger partial charge in [0.2, 0.25) is 0 Å². The zero-order chi connectivity index (χ0) is 9.10. The highest BCUT2D eigenvalue weighted by Gasteiger charge is 2.24. The van der Waals surface area contributed by atoms with Crippen LogP contribution in [0.1, 0.15) is 23.9 Å². The SMILES string of the molecule is FC(c1cccs1)C1CCNCC1. The van der Waals surface area contributed by atoms with E-state index >= 15 is 0 Å². The van der Waals surface area contributed by atoms with Crippen LogP contribution in [0, 0.1) is 5.92 Å². The lowest BCUT2D eigenvalue weighted by atomic mass is 9.92. The van der Waals surface area contributed by atoms with Crippen LogP contribution < -0.4 is 5.32 Å². The Morgan fingerprint density at radius 3 is 2.85 bits per heavy atom. The molecule has 1 saturated heterocycles. The fraction of sp³-hybridized carbons (Fsp3) is 0.600. The van der Waals surface area contributed by atoms with E-state index in [0.29, 0.717) is 0 Å². The predicted molar refractivity (Wildman–Crippen MR) is 53.8 cm³/mol. The summed E-state index contributed by atoms with van der Waals surface area (Å²) in [6.07, 6.45) is 1.21. The maximum Gasteiger partial charge on any atom is 0.137 e. The van der Waals surface area contributed by atoms with E-state index in [2.05, 4.69) is 5.32 Å². The van der Waals surface area contributed by atoms with Crippen LogP contribution in [0.4, 0.5) is 4.39 Å². The second kappa shape index (κ2) is 4.20. The Morgan fingerprint density at radius 1 is 1.46 bits per heavy atom. The van der Waals surface area contributed by atoms with Crippen molar-refractivity contribution in [3.8, 4) is 0 Å². The molecular formula is C10H14FNS. The summed E-state index contributed by atoms with van der Waals surface area (Å²) < 4.78 is 13.8. The molecule has 1 aliphatic heterocycles. The highest BCUT2D eigenvalue weighted by atomic mass is 32.1. The molecule has 1 N–H and O–H groups in total. The molecule has 0 amide bonds. The third-order valence-electron chi connectivity index (χ3n) is 2.61. The van der Waals surface area contributed by atoms with Gasteiger partial charge in [0.1, 0.15) is 6.17 Å². The molecule has 72 valence electrons. The number of rotatable bonds is 2. The van der Waals surface area contributed by atoms with E-state index < -0.39 is 6.17 Å². The average molecular weight is 199 g/mol. The molecule has 0 saturated carbocycles. The molecule has 1 nitrogen and oxygen atoms in total. The van der Waals surface area contributed by atoms with Gasteiger partial charge in [-0.1, -0.05) is 6.07 Å². The highest BCUT2D eigenvalue weighted by Crippen LogP contribution is 2.34. The first-order chi connectivity index (χ1) is 6.38. The Bertz CT molecular complexity index is 241. The van der Waals surface area contributed by atoms with Crippen molar-refractivity contribution in [1.29, 1.82) is 0 Å². The minimum atomic E-state index is -0.734. The Labute approximate surface area is 82.0 Å². The largest absolute Gasteiger partial charge is 0.317 e. The lowest BCUT2D eigenvalue weighted by Gasteiger charge is -2.24. The van der Waals surface area contributed by atoms with Crippen LogP contribution in [-0.4, -0.2) is 13.1 Å². The van der Waals surface area contributed by atoms with Crippen molar-refractivity contribution in [2.24, 2.45) is 5.92 Å². The second-order valence-corrected chi connectivity index (χ2v) is 4.48. The molecule has 1 fully saturated rings. The average Bonchev–Trinajstić information content (AvgIpc) is 2.71. The Morgan fingerprint density at radius 2 is 2.23 bits per heavy atom. The van der Waals surface area contributed by atoms with Crippen LogP contribution in [0.5, 0.6) is 0 Å². The van der Waals surface area contributed by atoms with Gasteiger partial charge in [0.25, 0.3) is 0 Å². The van der Waals surface area contributed by atoms with Gasteiger partial charge in [-0.05, 0) is 43.3 Å². The molecule has 1 aromatic heterocycles. The zero-order valence-corrected chi connectivity index (χ0v) is 8.32. The van der Waals surface area contributed by atoms with E-state index in [1.807, 2.05) is 17.5 Å². The first-order valence-corrected chi connectivity index (χ1v) is 5.64. The van der Waals surface area contributed by atoms with Crippen LogP contribution in [0.25, 0.3) is 0 Å². The summed E-state index contributed by atoms with van der Waals surface area (Å²) in [7, 11) is 0. The summed E-state index contributed by atoms with van der Waals surface area (Å²) in [5.41, 5.74) is 0. The number of piperidine rings is 1. The second-order valence-electron chi connectivity index (χ2n) is 3.50.